The van der Waals surface area contributed by atoms with Crippen molar-refractivity contribution >= 4 is 46.5 Å². The Morgan fingerprint density at radius 2 is 1.66 bits per heavy atom. The number of rotatable bonds is 7. The van der Waals surface area contributed by atoms with Crippen LogP contribution in [0.4, 0.5) is 11.4 Å². The summed E-state index contributed by atoms with van der Waals surface area (Å²) in [7, 11) is 3.82. The first-order valence-electron chi connectivity index (χ1n) is 11.1. The van der Waals surface area contributed by atoms with Crippen molar-refractivity contribution < 1.29 is 19.9 Å². The lowest BCUT2D eigenvalue weighted by molar-refractivity contribution is -0.118. The van der Waals surface area contributed by atoms with Crippen molar-refractivity contribution in [3.05, 3.63) is 83.9 Å². The van der Waals surface area contributed by atoms with Crippen molar-refractivity contribution in [3.63, 3.8) is 0 Å². The van der Waals surface area contributed by atoms with Crippen LogP contribution in [0.1, 0.15) is 11.1 Å². The molecule has 0 saturated heterocycles. The highest BCUT2D eigenvalue weighted by Gasteiger charge is 2.21. The summed E-state index contributed by atoms with van der Waals surface area (Å²) in [4.78, 5) is 23.6. The molecule has 3 aromatic carbocycles. The number of anilines is 1. The monoisotopic (exact) mass is 470 g/mol. The average Bonchev–Trinajstić information content (AvgIpc) is 3.17. The number of benzene rings is 3. The zero-order valence-electron chi connectivity index (χ0n) is 19.8. The molecular formula is C26H27BN4O4. The predicted octanol–water partition coefficient (Wildman–Crippen LogP) is 2.25. The van der Waals surface area contributed by atoms with E-state index < -0.39 is 7.12 Å². The highest BCUT2D eigenvalue weighted by Crippen LogP contribution is 2.31. The van der Waals surface area contributed by atoms with E-state index in [-0.39, 0.29) is 11.8 Å². The van der Waals surface area contributed by atoms with Crippen LogP contribution in [-0.2, 0) is 4.79 Å². The molecule has 1 amide bonds. The van der Waals surface area contributed by atoms with Gasteiger partial charge in [0.05, 0.1) is 23.5 Å². The largest absolute Gasteiger partial charge is 0.494 e. The summed E-state index contributed by atoms with van der Waals surface area (Å²) in [6.07, 6.45) is 0. The van der Waals surface area contributed by atoms with Crippen LogP contribution in [-0.4, -0.2) is 71.5 Å². The van der Waals surface area contributed by atoms with Crippen LogP contribution >= 0.6 is 0 Å². The van der Waals surface area contributed by atoms with E-state index in [0.717, 1.165) is 11.3 Å². The smallest absolute Gasteiger partial charge is 0.488 e. The fraction of sp³-hybridized carbons (Fsp3) is 0.154. The van der Waals surface area contributed by atoms with E-state index in [1.165, 1.54) is 0 Å². The van der Waals surface area contributed by atoms with Crippen molar-refractivity contribution in [2.75, 3.05) is 32.6 Å². The maximum Gasteiger partial charge on any atom is 0.488 e. The molecule has 0 aliphatic rings. The van der Waals surface area contributed by atoms with Crippen LogP contribution in [0.2, 0.25) is 0 Å². The molecule has 0 radical (unpaired) electrons. The van der Waals surface area contributed by atoms with Crippen molar-refractivity contribution in [2.45, 2.75) is 0 Å². The number of H-pyrrole nitrogens is 1. The van der Waals surface area contributed by atoms with Gasteiger partial charge in [0.2, 0.25) is 5.91 Å². The molecule has 1 aromatic heterocycles. The summed E-state index contributed by atoms with van der Waals surface area (Å²) in [5.41, 5.74) is 4.13. The van der Waals surface area contributed by atoms with Gasteiger partial charge < -0.3 is 29.9 Å². The van der Waals surface area contributed by atoms with Gasteiger partial charge in [-0.05, 0) is 49.9 Å². The summed E-state index contributed by atoms with van der Waals surface area (Å²) < 4.78 is 0. The number of hydrogen-bond acceptors (Lipinski definition) is 6. The van der Waals surface area contributed by atoms with Gasteiger partial charge in [-0.25, -0.2) is 4.99 Å². The first-order chi connectivity index (χ1) is 16.7. The zero-order chi connectivity index (χ0) is 25.1. The second kappa shape index (κ2) is 10.1. The van der Waals surface area contributed by atoms with Gasteiger partial charge in [0.1, 0.15) is 0 Å². The predicted molar refractivity (Wildman–Crippen MR) is 140 cm³/mol. The molecule has 178 valence electrons. The first-order valence-corrected chi connectivity index (χ1v) is 11.1. The van der Waals surface area contributed by atoms with Gasteiger partial charge in [0.25, 0.3) is 0 Å². The number of hydrogen-bond donors (Lipinski definition) is 4. The maximum absolute atomic E-state index is 12.4. The number of carbonyl (C=O) groups is 1. The molecule has 4 N–H and O–H groups in total. The third-order valence-corrected chi connectivity index (χ3v) is 5.69. The van der Waals surface area contributed by atoms with Gasteiger partial charge in [-0.1, -0.05) is 42.5 Å². The Bertz CT molecular complexity index is 1370. The van der Waals surface area contributed by atoms with Crippen LogP contribution < -0.4 is 10.4 Å². The highest BCUT2D eigenvalue weighted by molar-refractivity contribution is 6.59. The number of fused-ring (bicyclic) bond motifs is 1. The van der Waals surface area contributed by atoms with E-state index in [0.29, 0.717) is 39.9 Å². The van der Waals surface area contributed by atoms with E-state index in [9.17, 15) is 19.9 Å². The molecule has 0 fully saturated rings. The SMILES string of the molecule is CN(C)CC(=O)N(C)c1ccc(N=C(c2ccccc2)c2c(O)[nH]c3cc(B(O)O)ccc23)cc1. The number of carbonyl (C=O) groups excluding carboxylic acids is 1. The Morgan fingerprint density at radius 3 is 2.29 bits per heavy atom. The van der Waals surface area contributed by atoms with Gasteiger partial charge in [-0.2, -0.15) is 0 Å². The quantitative estimate of drug-likeness (QED) is 0.245. The lowest BCUT2D eigenvalue weighted by atomic mass is 9.80. The summed E-state index contributed by atoms with van der Waals surface area (Å²) in [5.74, 6) is -0.0925. The molecule has 0 atom stereocenters. The van der Waals surface area contributed by atoms with Crippen LogP contribution in [0.15, 0.2) is 77.8 Å². The summed E-state index contributed by atoms with van der Waals surface area (Å²) in [6, 6.07) is 21.7. The highest BCUT2D eigenvalue weighted by atomic mass is 16.4. The van der Waals surface area contributed by atoms with E-state index >= 15 is 0 Å². The number of likely N-dealkylation sites (N-methyl/N-ethyl adjacent to an activating group) is 2. The molecule has 0 aliphatic heterocycles. The zero-order valence-corrected chi connectivity index (χ0v) is 19.8. The third kappa shape index (κ3) is 5.27. The molecule has 9 heteroatoms. The molecule has 0 unspecified atom stereocenters. The number of aromatic hydroxyl groups is 1. The summed E-state index contributed by atoms with van der Waals surface area (Å²) in [5, 5.41) is 30.5. The van der Waals surface area contributed by atoms with E-state index in [1.54, 1.807) is 30.1 Å². The lowest BCUT2D eigenvalue weighted by Crippen LogP contribution is -2.34. The minimum atomic E-state index is -1.61. The minimum absolute atomic E-state index is 0.0210. The van der Waals surface area contributed by atoms with Crippen molar-refractivity contribution in [2.24, 2.45) is 4.99 Å². The molecule has 4 aromatic rings. The molecule has 1 heterocycles. The van der Waals surface area contributed by atoms with Crippen molar-refractivity contribution in [1.82, 2.24) is 9.88 Å². The molecule has 35 heavy (non-hydrogen) atoms. The van der Waals surface area contributed by atoms with Crippen LogP contribution in [0.3, 0.4) is 0 Å². The first kappa shape index (κ1) is 24.2. The Balaban J connectivity index is 1.77. The molecule has 0 aliphatic carbocycles. The fourth-order valence-corrected chi connectivity index (χ4v) is 3.86. The maximum atomic E-state index is 12.4. The molecule has 0 bridgehead atoms. The van der Waals surface area contributed by atoms with Gasteiger partial charge in [-0.15, -0.1) is 0 Å². The molecule has 0 saturated carbocycles. The van der Waals surface area contributed by atoms with Crippen molar-refractivity contribution in [3.8, 4) is 5.88 Å². The Kier molecular flexibility index (Phi) is 7.02. The Labute approximate surface area is 203 Å². The van der Waals surface area contributed by atoms with E-state index in [2.05, 4.69) is 4.98 Å². The third-order valence-electron chi connectivity index (χ3n) is 5.69. The van der Waals surface area contributed by atoms with Gasteiger partial charge in [-0.3, -0.25) is 4.79 Å². The average molecular weight is 470 g/mol. The molecule has 8 nitrogen and oxygen atoms in total. The molecular weight excluding hydrogens is 443 g/mol. The van der Waals surface area contributed by atoms with Crippen LogP contribution in [0, 0.1) is 0 Å². The standard InChI is InChI=1S/C26H27BN4O4/c1-30(2)16-23(32)31(3)20-12-10-19(11-13-20)28-25(17-7-5-4-6-8-17)24-21-14-9-18(27(34)35)15-22(21)29-26(24)33/h4-15,29,33-35H,16H2,1-3H3. The number of aromatic amines is 1. The Hall–Kier alpha value is -3.92. The molecule has 4 rings (SSSR count). The fourth-order valence-electron chi connectivity index (χ4n) is 3.86. The van der Waals surface area contributed by atoms with Crippen LogP contribution in [0.5, 0.6) is 5.88 Å². The van der Waals surface area contributed by atoms with Gasteiger partial charge in [0.15, 0.2) is 5.88 Å². The number of nitrogens with one attached hydrogen (secondary N) is 1. The summed E-state index contributed by atoms with van der Waals surface area (Å²) in [6.45, 7) is 0.309. The van der Waals surface area contributed by atoms with E-state index in [4.69, 9.17) is 4.99 Å². The normalized spacial score (nSPS) is 11.8. The van der Waals surface area contributed by atoms with E-state index in [1.807, 2.05) is 73.6 Å². The second-order valence-electron chi connectivity index (χ2n) is 8.56. The van der Waals surface area contributed by atoms with Crippen LogP contribution in [0.25, 0.3) is 10.9 Å². The van der Waals surface area contributed by atoms with Gasteiger partial charge >= 0.3 is 7.12 Å². The Morgan fingerprint density at radius 1 is 0.971 bits per heavy atom. The number of nitrogens with zero attached hydrogens (tertiary/aromatic N) is 3. The molecule has 0 spiro atoms. The lowest BCUT2D eigenvalue weighted by Gasteiger charge is -2.19. The van der Waals surface area contributed by atoms with Crippen molar-refractivity contribution in [1.29, 1.82) is 0 Å². The van der Waals surface area contributed by atoms with Gasteiger partial charge in [0, 0.05) is 29.2 Å². The number of aliphatic imine (C=N–C) groups is 1. The summed E-state index contributed by atoms with van der Waals surface area (Å²) >= 11 is 0. The minimum Gasteiger partial charge on any atom is -0.494 e. The number of aromatic nitrogens is 1. The second-order valence-corrected chi connectivity index (χ2v) is 8.56. The topological polar surface area (TPSA) is 112 Å². The number of amides is 1.